The first kappa shape index (κ1) is 11.2. The molecule has 0 aliphatic rings. The lowest BCUT2D eigenvalue weighted by molar-refractivity contribution is -0.117. The second-order valence-corrected chi connectivity index (χ2v) is 3.02. The molecule has 1 aromatic carbocycles. The number of nitrogens with zero attached hydrogens (tertiary/aromatic N) is 1. The van der Waals surface area contributed by atoms with Crippen LogP contribution in [0.5, 0.6) is 0 Å². The van der Waals surface area contributed by atoms with Gasteiger partial charge in [0, 0.05) is 18.0 Å². The van der Waals surface area contributed by atoms with Gasteiger partial charge in [-0.2, -0.15) is 0 Å². The van der Waals surface area contributed by atoms with E-state index in [1.54, 1.807) is 6.92 Å². The van der Waals surface area contributed by atoms with Crippen molar-refractivity contribution < 1.29 is 4.79 Å². The van der Waals surface area contributed by atoms with E-state index in [0.717, 1.165) is 5.52 Å². The maximum Gasteiger partial charge on any atom is 0.217 e. The molecule has 1 heterocycles. The molecule has 0 saturated heterocycles. The molecule has 3 heteroatoms. The predicted molar refractivity (Wildman–Crippen MR) is 61.2 cm³/mol. The number of carbonyl (C=O) groups excluding carboxylic acids is 1. The number of pyridine rings is 1. The van der Waals surface area contributed by atoms with Crippen molar-refractivity contribution in [2.45, 2.75) is 13.3 Å². The van der Waals surface area contributed by atoms with Gasteiger partial charge < -0.3 is 5.73 Å². The number of hydrogen-bond acceptors (Lipinski definition) is 2. The highest BCUT2D eigenvalue weighted by atomic mass is 16.1. The van der Waals surface area contributed by atoms with Crippen LogP contribution < -0.4 is 5.73 Å². The summed E-state index contributed by atoms with van der Waals surface area (Å²) >= 11 is 0. The van der Waals surface area contributed by atoms with Gasteiger partial charge in [0.25, 0.3) is 0 Å². The van der Waals surface area contributed by atoms with Crippen LogP contribution in [0.2, 0.25) is 0 Å². The second-order valence-electron chi connectivity index (χ2n) is 3.02. The van der Waals surface area contributed by atoms with Crippen molar-refractivity contribution in [2.24, 2.45) is 5.73 Å². The highest BCUT2D eigenvalue weighted by Crippen LogP contribution is 2.07. The Morgan fingerprint density at radius 2 is 1.87 bits per heavy atom. The quantitative estimate of drug-likeness (QED) is 0.770. The SMILES string of the molecule is CCC(N)=O.c1ccc2ncccc2c1. The van der Waals surface area contributed by atoms with Crippen molar-refractivity contribution in [3.63, 3.8) is 0 Å². The van der Waals surface area contributed by atoms with Gasteiger partial charge in [0.1, 0.15) is 0 Å². The van der Waals surface area contributed by atoms with Crippen LogP contribution in [0.1, 0.15) is 13.3 Å². The van der Waals surface area contributed by atoms with E-state index in [2.05, 4.69) is 22.9 Å². The topological polar surface area (TPSA) is 56.0 Å². The molecule has 78 valence electrons. The summed E-state index contributed by atoms with van der Waals surface area (Å²) in [6.07, 6.45) is 2.25. The standard InChI is InChI=1S/C9H7N.C3H7NO/c1-2-6-9-8(4-1)5-3-7-10-9;1-2-3(4)5/h1-7H;2H2,1H3,(H2,4,5). The summed E-state index contributed by atoms with van der Waals surface area (Å²) in [7, 11) is 0. The third-order valence-corrected chi connectivity index (χ3v) is 1.86. The van der Waals surface area contributed by atoms with Crippen molar-refractivity contribution in [3.05, 3.63) is 42.6 Å². The Hall–Kier alpha value is -1.90. The van der Waals surface area contributed by atoms with Gasteiger partial charge >= 0.3 is 0 Å². The molecule has 0 atom stereocenters. The summed E-state index contributed by atoms with van der Waals surface area (Å²) in [6, 6.07) is 12.1. The molecule has 2 rings (SSSR count). The Balaban J connectivity index is 0.000000195. The number of nitrogens with two attached hydrogens (primary N) is 1. The summed E-state index contributed by atoms with van der Waals surface area (Å²) in [5.41, 5.74) is 5.71. The maximum absolute atomic E-state index is 9.59. The first-order valence-corrected chi connectivity index (χ1v) is 4.82. The summed E-state index contributed by atoms with van der Waals surface area (Å²) in [5.74, 6) is -0.245. The molecule has 3 nitrogen and oxygen atoms in total. The van der Waals surface area contributed by atoms with E-state index < -0.39 is 0 Å². The van der Waals surface area contributed by atoms with Crippen molar-refractivity contribution >= 4 is 16.8 Å². The van der Waals surface area contributed by atoms with Gasteiger partial charge in [0.2, 0.25) is 5.91 Å². The summed E-state index contributed by atoms with van der Waals surface area (Å²) < 4.78 is 0. The van der Waals surface area contributed by atoms with Crippen LogP contribution in [0.4, 0.5) is 0 Å². The minimum Gasteiger partial charge on any atom is -0.370 e. The molecular formula is C12H14N2O. The smallest absolute Gasteiger partial charge is 0.217 e. The minimum absolute atomic E-state index is 0.245. The fourth-order valence-corrected chi connectivity index (χ4v) is 1.02. The predicted octanol–water partition coefficient (Wildman–Crippen LogP) is 2.12. The van der Waals surface area contributed by atoms with E-state index in [-0.39, 0.29) is 5.91 Å². The molecule has 2 aromatic rings. The lowest BCUT2D eigenvalue weighted by atomic mass is 10.2. The van der Waals surface area contributed by atoms with Crippen LogP contribution in [-0.4, -0.2) is 10.9 Å². The zero-order chi connectivity index (χ0) is 11.1. The fourth-order valence-electron chi connectivity index (χ4n) is 1.02. The number of carbonyl (C=O) groups is 1. The number of hydrogen-bond donors (Lipinski definition) is 1. The van der Waals surface area contributed by atoms with Crippen molar-refractivity contribution in [3.8, 4) is 0 Å². The monoisotopic (exact) mass is 202 g/mol. The van der Waals surface area contributed by atoms with Gasteiger partial charge in [0.05, 0.1) is 5.52 Å². The third-order valence-electron chi connectivity index (χ3n) is 1.86. The van der Waals surface area contributed by atoms with Gasteiger partial charge in [-0.1, -0.05) is 31.2 Å². The summed E-state index contributed by atoms with van der Waals surface area (Å²) in [4.78, 5) is 13.8. The average molecular weight is 202 g/mol. The fraction of sp³-hybridized carbons (Fsp3) is 0.167. The van der Waals surface area contributed by atoms with Gasteiger partial charge in [-0.25, -0.2) is 0 Å². The molecule has 0 radical (unpaired) electrons. The molecule has 2 N–H and O–H groups in total. The highest BCUT2D eigenvalue weighted by molar-refractivity contribution is 5.77. The second kappa shape index (κ2) is 5.75. The summed E-state index contributed by atoms with van der Waals surface area (Å²) in [6.45, 7) is 1.72. The number of rotatable bonds is 1. The Bertz CT molecular complexity index is 375. The molecule has 0 spiro atoms. The third kappa shape index (κ3) is 3.77. The molecular weight excluding hydrogens is 188 g/mol. The lowest BCUT2D eigenvalue weighted by Gasteiger charge is -1.91. The van der Waals surface area contributed by atoms with Gasteiger partial charge in [-0.05, 0) is 12.1 Å². The van der Waals surface area contributed by atoms with Crippen LogP contribution >= 0.6 is 0 Å². The number of amides is 1. The van der Waals surface area contributed by atoms with Gasteiger partial charge in [-0.15, -0.1) is 0 Å². The number of para-hydroxylation sites is 1. The summed E-state index contributed by atoms with van der Waals surface area (Å²) in [5, 5.41) is 1.20. The average Bonchev–Trinajstić information content (AvgIpc) is 2.30. The molecule has 0 unspecified atom stereocenters. The minimum atomic E-state index is -0.245. The first-order valence-electron chi connectivity index (χ1n) is 4.82. The van der Waals surface area contributed by atoms with Crippen LogP contribution in [0.3, 0.4) is 0 Å². The van der Waals surface area contributed by atoms with Crippen LogP contribution in [0.15, 0.2) is 42.6 Å². The van der Waals surface area contributed by atoms with E-state index in [0.29, 0.717) is 6.42 Å². The highest BCUT2D eigenvalue weighted by Gasteiger charge is 1.86. The van der Waals surface area contributed by atoms with Crippen LogP contribution in [-0.2, 0) is 4.79 Å². The Kier molecular flexibility index (Phi) is 4.29. The van der Waals surface area contributed by atoms with Crippen molar-refractivity contribution in [2.75, 3.05) is 0 Å². The van der Waals surface area contributed by atoms with Crippen LogP contribution in [0.25, 0.3) is 10.9 Å². The normalized spacial score (nSPS) is 9.13. The first-order chi connectivity index (χ1) is 7.24. The van der Waals surface area contributed by atoms with Gasteiger partial charge in [-0.3, -0.25) is 9.78 Å². The number of benzene rings is 1. The number of fused-ring (bicyclic) bond motifs is 1. The van der Waals surface area contributed by atoms with E-state index in [1.807, 2.05) is 30.5 Å². The maximum atomic E-state index is 9.59. The van der Waals surface area contributed by atoms with Gasteiger partial charge in [0.15, 0.2) is 0 Å². The Labute approximate surface area is 88.9 Å². The van der Waals surface area contributed by atoms with E-state index in [4.69, 9.17) is 0 Å². The Morgan fingerprint density at radius 3 is 2.47 bits per heavy atom. The molecule has 1 amide bonds. The molecule has 0 aliphatic carbocycles. The largest absolute Gasteiger partial charge is 0.370 e. The van der Waals surface area contributed by atoms with E-state index in [1.165, 1.54) is 5.39 Å². The molecule has 1 aromatic heterocycles. The zero-order valence-electron chi connectivity index (χ0n) is 8.68. The molecule has 0 bridgehead atoms. The zero-order valence-corrected chi connectivity index (χ0v) is 8.68. The van der Waals surface area contributed by atoms with E-state index >= 15 is 0 Å². The van der Waals surface area contributed by atoms with Crippen LogP contribution in [0, 0.1) is 0 Å². The Morgan fingerprint density at radius 1 is 1.27 bits per heavy atom. The number of aromatic nitrogens is 1. The lowest BCUT2D eigenvalue weighted by Crippen LogP contribution is -2.06. The number of primary amides is 1. The van der Waals surface area contributed by atoms with E-state index in [9.17, 15) is 4.79 Å². The molecule has 0 saturated carbocycles. The molecule has 0 aliphatic heterocycles. The molecule has 15 heavy (non-hydrogen) atoms. The molecule has 0 fully saturated rings. The van der Waals surface area contributed by atoms with Crippen molar-refractivity contribution in [1.82, 2.24) is 4.98 Å². The van der Waals surface area contributed by atoms with Crippen molar-refractivity contribution in [1.29, 1.82) is 0 Å².